The van der Waals surface area contributed by atoms with E-state index < -0.39 is 0 Å². The van der Waals surface area contributed by atoms with Gasteiger partial charge in [-0.25, -0.2) is 5.01 Å². The van der Waals surface area contributed by atoms with E-state index in [1.54, 1.807) is 32.4 Å². The Hall–Kier alpha value is -4.46. The summed E-state index contributed by atoms with van der Waals surface area (Å²) in [5, 5.41) is 17.0. The van der Waals surface area contributed by atoms with Crippen molar-refractivity contribution >= 4 is 39.2 Å². The minimum Gasteiger partial charge on any atom is -0.497 e. The SMILES string of the molecule is COc1ccc(N2Nc3c(cc([N+](=O)[O-])c4ccccc34)N2c2ccc(OC)cc2)cc1. The Bertz CT molecular complexity index is 1310. The summed E-state index contributed by atoms with van der Waals surface area (Å²) in [7, 11) is 3.23. The molecule has 0 radical (unpaired) electrons. The van der Waals surface area contributed by atoms with Gasteiger partial charge in [-0.15, -0.1) is 0 Å². The van der Waals surface area contributed by atoms with Gasteiger partial charge in [0.2, 0.25) is 0 Å². The van der Waals surface area contributed by atoms with Gasteiger partial charge in [-0.3, -0.25) is 15.5 Å². The number of nitrogens with one attached hydrogen (secondary N) is 1. The molecule has 0 aliphatic carbocycles. The Morgan fingerprint density at radius 3 is 1.94 bits per heavy atom. The Labute approximate surface area is 184 Å². The molecule has 5 rings (SSSR count). The number of anilines is 4. The van der Waals surface area contributed by atoms with Crippen molar-refractivity contribution in [2.45, 2.75) is 0 Å². The number of nitrogens with zero attached hydrogens (tertiary/aromatic N) is 3. The number of methoxy groups -OCH3 is 2. The molecule has 0 fully saturated rings. The van der Waals surface area contributed by atoms with E-state index in [0.717, 1.165) is 33.9 Å². The largest absolute Gasteiger partial charge is 0.497 e. The summed E-state index contributed by atoms with van der Waals surface area (Å²) in [4.78, 5) is 11.5. The van der Waals surface area contributed by atoms with Crippen LogP contribution in [0.25, 0.3) is 10.8 Å². The van der Waals surface area contributed by atoms with Gasteiger partial charge in [0.25, 0.3) is 5.69 Å². The zero-order chi connectivity index (χ0) is 22.2. The van der Waals surface area contributed by atoms with Gasteiger partial charge in [0.1, 0.15) is 11.5 Å². The molecule has 8 heteroatoms. The first-order valence-electron chi connectivity index (χ1n) is 9.96. The third-order valence-electron chi connectivity index (χ3n) is 5.48. The van der Waals surface area contributed by atoms with Crippen LogP contribution < -0.4 is 25.0 Å². The molecule has 0 atom stereocenters. The molecule has 0 saturated heterocycles. The molecule has 0 saturated carbocycles. The summed E-state index contributed by atoms with van der Waals surface area (Å²) in [6.07, 6.45) is 0. The molecule has 1 N–H and O–H groups in total. The molecule has 0 aromatic heterocycles. The first-order chi connectivity index (χ1) is 15.6. The fourth-order valence-electron chi connectivity index (χ4n) is 3.92. The van der Waals surface area contributed by atoms with E-state index >= 15 is 0 Å². The molecular formula is C24H20N4O4. The quantitative estimate of drug-likeness (QED) is 0.324. The Kier molecular flexibility index (Phi) is 4.67. The molecule has 1 aliphatic heterocycles. The van der Waals surface area contributed by atoms with E-state index in [2.05, 4.69) is 5.43 Å². The molecular weight excluding hydrogens is 408 g/mol. The Morgan fingerprint density at radius 1 is 0.812 bits per heavy atom. The molecule has 0 unspecified atom stereocenters. The minimum absolute atomic E-state index is 0.0521. The lowest BCUT2D eigenvalue weighted by Crippen LogP contribution is -2.38. The summed E-state index contributed by atoms with van der Waals surface area (Å²) in [6.45, 7) is 0. The summed E-state index contributed by atoms with van der Waals surface area (Å²) in [5.41, 5.74) is 6.61. The van der Waals surface area contributed by atoms with Gasteiger partial charge in [0.05, 0.1) is 47.3 Å². The van der Waals surface area contributed by atoms with Gasteiger partial charge >= 0.3 is 0 Å². The number of benzene rings is 4. The zero-order valence-corrected chi connectivity index (χ0v) is 17.5. The number of hydrogen-bond acceptors (Lipinski definition) is 7. The zero-order valence-electron chi connectivity index (χ0n) is 17.5. The maximum atomic E-state index is 11.9. The predicted octanol–water partition coefficient (Wildman–Crippen LogP) is 5.67. The van der Waals surface area contributed by atoms with E-state index in [-0.39, 0.29) is 10.6 Å². The lowest BCUT2D eigenvalue weighted by molar-refractivity contribution is -0.383. The maximum Gasteiger partial charge on any atom is 0.279 e. The normalized spacial score (nSPS) is 12.4. The molecule has 0 bridgehead atoms. The minimum atomic E-state index is -0.342. The number of hydrogen-bond donors (Lipinski definition) is 1. The van der Waals surface area contributed by atoms with Crippen LogP contribution in [0.4, 0.5) is 28.4 Å². The number of nitro groups is 1. The van der Waals surface area contributed by atoms with Gasteiger partial charge in [-0.2, -0.15) is 5.12 Å². The number of rotatable bonds is 5. The number of fused-ring (bicyclic) bond motifs is 3. The van der Waals surface area contributed by atoms with Crippen molar-refractivity contribution in [3.63, 3.8) is 0 Å². The van der Waals surface area contributed by atoms with Crippen LogP contribution in [-0.2, 0) is 0 Å². The van der Waals surface area contributed by atoms with Crippen LogP contribution in [0.1, 0.15) is 0 Å². The molecule has 8 nitrogen and oxygen atoms in total. The van der Waals surface area contributed by atoms with Crippen LogP contribution in [-0.4, -0.2) is 19.1 Å². The molecule has 0 amide bonds. The number of ether oxygens (including phenoxy) is 2. The number of hydrazine groups is 2. The summed E-state index contributed by atoms with van der Waals surface area (Å²) < 4.78 is 10.6. The van der Waals surface area contributed by atoms with Crippen molar-refractivity contribution < 1.29 is 14.4 Å². The first-order valence-corrected chi connectivity index (χ1v) is 9.96. The highest BCUT2D eigenvalue weighted by molar-refractivity contribution is 6.09. The summed E-state index contributed by atoms with van der Waals surface area (Å²) >= 11 is 0. The first kappa shape index (κ1) is 19.5. The molecule has 4 aromatic carbocycles. The van der Waals surface area contributed by atoms with E-state index in [1.165, 1.54) is 0 Å². The van der Waals surface area contributed by atoms with E-state index in [9.17, 15) is 10.1 Å². The van der Waals surface area contributed by atoms with E-state index in [4.69, 9.17) is 9.47 Å². The second-order valence-electron chi connectivity index (χ2n) is 7.22. The molecule has 1 aliphatic rings. The van der Waals surface area contributed by atoms with Gasteiger partial charge in [-0.1, -0.05) is 18.2 Å². The van der Waals surface area contributed by atoms with Gasteiger partial charge < -0.3 is 9.47 Å². The average molecular weight is 428 g/mol. The highest BCUT2D eigenvalue weighted by Gasteiger charge is 2.33. The maximum absolute atomic E-state index is 11.9. The van der Waals surface area contributed by atoms with Crippen LogP contribution in [0.3, 0.4) is 0 Å². The average Bonchev–Trinajstić information content (AvgIpc) is 3.23. The van der Waals surface area contributed by atoms with Crippen molar-refractivity contribution in [3.8, 4) is 11.5 Å². The standard InChI is InChI=1S/C24H20N4O4/c1-31-18-11-7-16(8-12-18)26-23-15-22(28(29)30)20-5-3-4-6-21(20)24(23)25-27(26)17-9-13-19(32-2)14-10-17/h3-15,25H,1-2H3. The van der Waals surface area contributed by atoms with Gasteiger partial charge in [-0.05, 0) is 54.6 Å². The molecule has 32 heavy (non-hydrogen) atoms. The van der Waals surface area contributed by atoms with Crippen LogP contribution in [0.2, 0.25) is 0 Å². The lowest BCUT2D eigenvalue weighted by atomic mass is 10.1. The van der Waals surface area contributed by atoms with Crippen molar-refractivity contribution in [1.82, 2.24) is 0 Å². The van der Waals surface area contributed by atoms with Crippen LogP contribution in [0, 0.1) is 10.1 Å². The van der Waals surface area contributed by atoms with Crippen molar-refractivity contribution in [2.24, 2.45) is 0 Å². The van der Waals surface area contributed by atoms with Crippen molar-refractivity contribution in [1.29, 1.82) is 0 Å². The highest BCUT2D eigenvalue weighted by Crippen LogP contribution is 2.48. The molecule has 1 heterocycles. The second kappa shape index (κ2) is 7.66. The van der Waals surface area contributed by atoms with Crippen LogP contribution in [0.5, 0.6) is 11.5 Å². The molecule has 4 aromatic rings. The predicted molar refractivity (Wildman–Crippen MR) is 125 cm³/mol. The monoisotopic (exact) mass is 428 g/mol. The van der Waals surface area contributed by atoms with E-state index in [0.29, 0.717) is 11.1 Å². The van der Waals surface area contributed by atoms with Crippen LogP contribution >= 0.6 is 0 Å². The Morgan fingerprint density at radius 2 is 1.38 bits per heavy atom. The number of non-ortho nitro benzene ring substituents is 1. The second-order valence-corrected chi connectivity index (χ2v) is 7.22. The number of nitro benzene ring substituents is 1. The fourth-order valence-corrected chi connectivity index (χ4v) is 3.92. The lowest BCUT2D eigenvalue weighted by Gasteiger charge is -2.31. The fraction of sp³-hybridized carbons (Fsp3) is 0.0833. The topological polar surface area (TPSA) is 80.1 Å². The van der Waals surface area contributed by atoms with Crippen molar-refractivity contribution in [3.05, 3.63) is 89.0 Å². The summed E-state index contributed by atoms with van der Waals surface area (Å²) in [5.74, 6) is 1.46. The van der Waals surface area contributed by atoms with Crippen LogP contribution in [0.15, 0.2) is 78.9 Å². The van der Waals surface area contributed by atoms with E-state index in [1.807, 2.05) is 70.8 Å². The third-order valence-corrected chi connectivity index (χ3v) is 5.48. The summed E-state index contributed by atoms with van der Waals surface area (Å²) in [6, 6.07) is 24.1. The molecule has 160 valence electrons. The van der Waals surface area contributed by atoms with Gasteiger partial charge in [0, 0.05) is 11.5 Å². The van der Waals surface area contributed by atoms with Crippen molar-refractivity contribution in [2.75, 3.05) is 29.8 Å². The Balaban J connectivity index is 1.73. The van der Waals surface area contributed by atoms with Gasteiger partial charge in [0.15, 0.2) is 0 Å². The third kappa shape index (κ3) is 3.09. The highest BCUT2D eigenvalue weighted by atomic mass is 16.6. The smallest absolute Gasteiger partial charge is 0.279 e. The molecule has 0 spiro atoms.